The number of aromatic nitrogens is 2. The van der Waals surface area contributed by atoms with Gasteiger partial charge in [-0.3, -0.25) is 14.4 Å². The molecule has 0 aliphatic carbocycles. The molecule has 2 unspecified atom stereocenters. The molecule has 1 aromatic heterocycles. The molecule has 1 rings (SSSR count). The SMILES string of the molecule is CCn1cc(C(C)N(C)C(C)C(=O)O)cn1. The van der Waals surface area contributed by atoms with Gasteiger partial charge in [0.05, 0.1) is 6.20 Å². The predicted molar refractivity (Wildman–Crippen MR) is 61.2 cm³/mol. The van der Waals surface area contributed by atoms with E-state index >= 15 is 0 Å². The minimum Gasteiger partial charge on any atom is -0.480 e. The van der Waals surface area contributed by atoms with Crippen LogP contribution in [0.15, 0.2) is 12.4 Å². The third kappa shape index (κ3) is 2.61. The lowest BCUT2D eigenvalue weighted by Gasteiger charge is -2.27. The molecule has 0 saturated heterocycles. The highest BCUT2D eigenvalue weighted by atomic mass is 16.4. The van der Waals surface area contributed by atoms with Gasteiger partial charge in [-0.1, -0.05) is 0 Å². The highest BCUT2D eigenvalue weighted by molar-refractivity contribution is 5.72. The Morgan fingerprint density at radius 2 is 2.25 bits per heavy atom. The molecule has 1 aromatic rings. The van der Waals surface area contributed by atoms with Gasteiger partial charge in [0, 0.05) is 24.3 Å². The number of carboxylic acid groups (broad SMARTS) is 1. The van der Waals surface area contributed by atoms with E-state index < -0.39 is 12.0 Å². The first-order chi connectivity index (χ1) is 7.47. The van der Waals surface area contributed by atoms with Crippen molar-refractivity contribution in [3.63, 3.8) is 0 Å². The van der Waals surface area contributed by atoms with Crippen molar-refractivity contribution in [3.05, 3.63) is 18.0 Å². The second-order valence-electron chi connectivity index (χ2n) is 3.99. The van der Waals surface area contributed by atoms with Crippen molar-refractivity contribution in [1.82, 2.24) is 14.7 Å². The fourth-order valence-corrected chi connectivity index (χ4v) is 1.51. The van der Waals surface area contributed by atoms with Crippen LogP contribution in [0, 0.1) is 0 Å². The van der Waals surface area contributed by atoms with Crippen molar-refractivity contribution in [2.24, 2.45) is 0 Å². The van der Waals surface area contributed by atoms with Gasteiger partial charge in [0.1, 0.15) is 6.04 Å². The zero-order valence-electron chi connectivity index (χ0n) is 10.2. The van der Waals surface area contributed by atoms with E-state index in [4.69, 9.17) is 5.11 Å². The Morgan fingerprint density at radius 3 is 2.69 bits per heavy atom. The summed E-state index contributed by atoms with van der Waals surface area (Å²) in [5.41, 5.74) is 1.04. The smallest absolute Gasteiger partial charge is 0.320 e. The third-order valence-electron chi connectivity index (χ3n) is 3.04. The molecule has 0 saturated carbocycles. The second-order valence-corrected chi connectivity index (χ2v) is 3.99. The highest BCUT2D eigenvalue weighted by Gasteiger charge is 2.23. The number of nitrogens with zero attached hydrogens (tertiary/aromatic N) is 3. The van der Waals surface area contributed by atoms with Crippen LogP contribution >= 0.6 is 0 Å². The van der Waals surface area contributed by atoms with E-state index in [0.717, 1.165) is 12.1 Å². The lowest BCUT2D eigenvalue weighted by molar-refractivity contribution is -0.142. The number of hydrogen-bond acceptors (Lipinski definition) is 3. The van der Waals surface area contributed by atoms with Crippen LogP contribution in [0.5, 0.6) is 0 Å². The summed E-state index contributed by atoms with van der Waals surface area (Å²) in [6.45, 7) is 6.51. The summed E-state index contributed by atoms with van der Waals surface area (Å²) in [4.78, 5) is 12.7. The molecule has 16 heavy (non-hydrogen) atoms. The van der Waals surface area contributed by atoms with Crippen LogP contribution in [0.1, 0.15) is 32.4 Å². The number of likely N-dealkylation sites (N-methyl/N-ethyl adjacent to an activating group) is 1. The molecular formula is C11H19N3O2. The Hall–Kier alpha value is -1.36. The minimum absolute atomic E-state index is 0.0476. The van der Waals surface area contributed by atoms with Crippen molar-refractivity contribution in [1.29, 1.82) is 0 Å². The first-order valence-electron chi connectivity index (χ1n) is 5.44. The van der Waals surface area contributed by atoms with Gasteiger partial charge in [-0.05, 0) is 27.8 Å². The molecular weight excluding hydrogens is 206 g/mol. The van der Waals surface area contributed by atoms with E-state index in [0.29, 0.717) is 0 Å². The molecule has 5 nitrogen and oxygen atoms in total. The van der Waals surface area contributed by atoms with Gasteiger partial charge in [0.2, 0.25) is 0 Å². The van der Waals surface area contributed by atoms with Crippen LogP contribution in [-0.4, -0.2) is 38.8 Å². The molecule has 0 aliphatic heterocycles. The summed E-state index contributed by atoms with van der Waals surface area (Å²) in [6, 6.07) is -0.452. The summed E-state index contributed by atoms with van der Waals surface area (Å²) >= 11 is 0. The topological polar surface area (TPSA) is 58.4 Å². The van der Waals surface area contributed by atoms with E-state index in [1.807, 2.05) is 36.7 Å². The number of aryl methyl sites for hydroxylation is 1. The predicted octanol–water partition coefficient (Wildman–Crippen LogP) is 1.37. The molecule has 5 heteroatoms. The fraction of sp³-hybridized carbons (Fsp3) is 0.636. The molecule has 0 fully saturated rings. The molecule has 0 radical (unpaired) electrons. The zero-order chi connectivity index (χ0) is 12.3. The van der Waals surface area contributed by atoms with Crippen molar-refractivity contribution in [3.8, 4) is 0 Å². The second kappa shape index (κ2) is 5.12. The maximum Gasteiger partial charge on any atom is 0.320 e. The fourth-order valence-electron chi connectivity index (χ4n) is 1.51. The number of hydrogen-bond donors (Lipinski definition) is 1. The van der Waals surface area contributed by atoms with Crippen LogP contribution in [0.3, 0.4) is 0 Å². The van der Waals surface area contributed by atoms with Crippen LogP contribution in [0.2, 0.25) is 0 Å². The summed E-state index contributed by atoms with van der Waals surface area (Å²) in [6.07, 6.45) is 3.75. The Morgan fingerprint density at radius 1 is 1.62 bits per heavy atom. The van der Waals surface area contributed by atoms with Gasteiger partial charge >= 0.3 is 5.97 Å². The zero-order valence-corrected chi connectivity index (χ0v) is 10.2. The van der Waals surface area contributed by atoms with Crippen molar-refractivity contribution >= 4 is 5.97 Å². The molecule has 0 amide bonds. The lowest BCUT2D eigenvalue weighted by atomic mass is 10.1. The number of carboxylic acids is 1. The molecule has 0 bridgehead atoms. The molecule has 1 heterocycles. The Balaban J connectivity index is 2.76. The normalized spacial score (nSPS) is 15.1. The average Bonchev–Trinajstić information content (AvgIpc) is 2.74. The Bertz CT molecular complexity index is 362. The maximum absolute atomic E-state index is 10.9. The summed E-state index contributed by atoms with van der Waals surface area (Å²) in [7, 11) is 1.81. The van der Waals surface area contributed by atoms with Crippen molar-refractivity contribution < 1.29 is 9.90 Å². The third-order valence-corrected chi connectivity index (χ3v) is 3.04. The van der Waals surface area contributed by atoms with E-state index in [9.17, 15) is 4.79 Å². The maximum atomic E-state index is 10.9. The molecule has 0 aliphatic rings. The van der Waals surface area contributed by atoms with Crippen LogP contribution < -0.4 is 0 Å². The van der Waals surface area contributed by atoms with Crippen molar-refractivity contribution in [2.75, 3.05) is 7.05 Å². The summed E-state index contributed by atoms with van der Waals surface area (Å²) in [5.74, 6) is -0.808. The van der Waals surface area contributed by atoms with Gasteiger partial charge < -0.3 is 5.11 Å². The Labute approximate surface area is 95.7 Å². The first kappa shape index (κ1) is 12.7. The summed E-state index contributed by atoms with van der Waals surface area (Å²) < 4.78 is 1.84. The number of rotatable bonds is 5. The monoisotopic (exact) mass is 225 g/mol. The average molecular weight is 225 g/mol. The quantitative estimate of drug-likeness (QED) is 0.822. The van der Waals surface area contributed by atoms with Crippen LogP contribution in [-0.2, 0) is 11.3 Å². The van der Waals surface area contributed by atoms with Crippen LogP contribution in [0.4, 0.5) is 0 Å². The Kier molecular flexibility index (Phi) is 4.06. The molecule has 1 N–H and O–H groups in total. The minimum atomic E-state index is -0.808. The first-order valence-corrected chi connectivity index (χ1v) is 5.44. The van der Waals surface area contributed by atoms with E-state index in [1.54, 1.807) is 13.1 Å². The molecule has 0 aromatic carbocycles. The van der Waals surface area contributed by atoms with Crippen molar-refractivity contribution in [2.45, 2.75) is 39.4 Å². The van der Waals surface area contributed by atoms with Gasteiger partial charge in [-0.2, -0.15) is 5.10 Å². The van der Waals surface area contributed by atoms with E-state index in [2.05, 4.69) is 5.10 Å². The van der Waals surface area contributed by atoms with Crippen LogP contribution in [0.25, 0.3) is 0 Å². The molecule has 2 atom stereocenters. The number of carbonyl (C=O) groups is 1. The number of aliphatic carboxylic acids is 1. The molecule has 0 spiro atoms. The summed E-state index contributed by atoms with van der Waals surface area (Å²) in [5, 5.41) is 13.1. The van der Waals surface area contributed by atoms with Gasteiger partial charge in [-0.25, -0.2) is 0 Å². The lowest BCUT2D eigenvalue weighted by Crippen LogP contribution is -2.37. The van der Waals surface area contributed by atoms with Gasteiger partial charge in [-0.15, -0.1) is 0 Å². The van der Waals surface area contributed by atoms with E-state index in [1.165, 1.54) is 0 Å². The largest absolute Gasteiger partial charge is 0.480 e. The van der Waals surface area contributed by atoms with Gasteiger partial charge in [0.25, 0.3) is 0 Å². The van der Waals surface area contributed by atoms with Gasteiger partial charge in [0.15, 0.2) is 0 Å². The molecule has 90 valence electrons. The van der Waals surface area contributed by atoms with E-state index in [-0.39, 0.29) is 6.04 Å². The highest BCUT2D eigenvalue weighted by Crippen LogP contribution is 2.20. The standard InChI is InChI=1S/C11H19N3O2/c1-5-14-7-10(6-12-14)8(2)13(4)9(3)11(15)16/h6-9H,5H2,1-4H3,(H,15,16).